The molecule has 3 N–H and O–H groups in total. The maximum Gasteiger partial charge on any atom is 0.345 e. The van der Waals surface area contributed by atoms with Gasteiger partial charge in [-0.1, -0.05) is 24.3 Å². The van der Waals surface area contributed by atoms with Gasteiger partial charge in [-0.15, -0.1) is 0 Å². The first-order chi connectivity index (χ1) is 10.9. The molecule has 0 saturated heterocycles. The molecule has 0 fully saturated rings. The predicted octanol–water partition coefficient (Wildman–Crippen LogP) is 1.88. The number of rotatable bonds is 6. The summed E-state index contributed by atoms with van der Waals surface area (Å²) < 4.78 is 5.02. The van der Waals surface area contributed by atoms with Crippen molar-refractivity contribution in [3.8, 4) is 11.5 Å². The Labute approximate surface area is 132 Å². The van der Waals surface area contributed by atoms with Gasteiger partial charge in [-0.25, -0.2) is 4.79 Å². The summed E-state index contributed by atoms with van der Waals surface area (Å²) in [5.41, 5.74) is 1.24. The minimum atomic E-state index is -1.30. The van der Waals surface area contributed by atoms with Gasteiger partial charge < -0.3 is 20.1 Å². The molecule has 0 saturated carbocycles. The lowest BCUT2D eigenvalue weighted by molar-refractivity contribution is -0.163. The minimum absolute atomic E-state index is 0.0108. The van der Waals surface area contributed by atoms with Crippen molar-refractivity contribution in [2.45, 2.75) is 18.9 Å². The predicted molar refractivity (Wildman–Crippen MR) is 81.1 cm³/mol. The van der Waals surface area contributed by atoms with Gasteiger partial charge in [0.15, 0.2) is 0 Å². The Bertz CT molecular complexity index is 675. The third-order valence-corrected chi connectivity index (χ3v) is 3.19. The number of carboxylic acids is 1. The Hall–Kier alpha value is -3.02. The number of phenols is 2. The summed E-state index contributed by atoms with van der Waals surface area (Å²) in [6.45, 7) is 0. The molecule has 120 valence electrons. The van der Waals surface area contributed by atoms with Gasteiger partial charge >= 0.3 is 11.9 Å². The highest BCUT2D eigenvalue weighted by atomic mass is 16.6. The average Bonchev–Trinajstić information content (AvgIpc) is 2.51. The number of aromatic hydroxyl groups is 2. The van der Waals surface area contributed by atoms with Crippen molar-refractivity contribution in [3.05, 3.63) is 59.7 Å². The first kappa shape index (κ1) is 16.4. The first-order valence-electron chi connectivity index (χ1n) is 6.92. The lowest BCUT2D eigenvalue weighted by Gasteiger charge is -2.14. The maximum absolute atomic E-state index is 11.9. The van der Waals surface area contributed by atoms with Crippen molar-refractivity contribution in [1.29, 1.82) is 0 Å². The highest BCUT2D eigenvalue weighted by molar-refractivity contribution is 5.79. The van der Waals surface area contributed by atoms with Gasteiger partial charge in [0.2, 0.25) is 6.10 Å². The van der Waals surface area contributed by atoms with Crippen LogP contribution in [0.25, 0.3) is 0 Å². The van der Waals surface area contributed by atoms with E-state index in [9.17, 15) is 24.9 Å². The van der Waals surface area contributed by atoms with Crippen LogP contribution in [-0.4, -0.2) is 33.4 Å². The highest BCUT2D eigenvalue weighted by Crippen LogP contribution is 2.14. The number of hydrogen-bond acceptors (Lipinski definition) is 5. The normalized spacial score (nSPS) is 11.7. The molecule has 0 radical (unpaired) electrons. The molecular weight excluding hydrogens is 300 g/mol. The van der Waals surface area contributed by atoms with E-state index >= 15 is 0 Å². The van der Waals surface area contributed by atoms with Crippen LogP contribution < -0.4 is 0 Å². The topological polar surface area (TPSA) is 104 Å². The Kier molecular flexibility index (Phi) is 5.19. The summed E-state index contributed by atoms with van der Waals surface area (Å²) >= 11 is 0. The molecule has 2 aromatic rings. The molecule has 0 aliphatic rings. The fourth-order valence-corrected chi connectivity index (χ4v) is 2.01. The van der Waals surface area contributed by atoms with Gasteiger partial charge in [0.1, 0.15) is 11.5 Å². The molecular formula is C17H16O6. The van der Waals surface area contributed by atoms with E-state index in [4.69, 9.17) is 4.74 Å². The van der Waals surface area contributed by atoms with E-state index in [2.05, 4.69) is 0 Å². The molecule has 6 nitrogen and oxygen atoms in total. The van der Waals surface area contributed by atoms with Crippen LogP contribution in [0.15, 0.2) is 48.5 Å². The average molecular weight is 316 g/mol. The number of phenolic OH excluding ortho intramolecular Hbond substituents is 2. The molecule has 6 heteroatoms. The molecule has 2 aromatic carbocycles. The van der Waals surface area contributed by atoms with E-state index in [-0.39, 0.29) is 24.3 Å². The third kappa shape index (κ3) is 5.03. The standard InChI is InChI=1S/C17H16O6/c18-13-5-1-11(2-6-13)9-15(17(21)22)23-16(20)10-12-3-7-14(19)8-4-12/h1-8,15,18-19H,9-10H2,(H,21,22). The fourth-order valence-electron chi connectivity index (χ4n) is 2.01. The van der Waals surface area contributed by atoms with Crippen LogP contribution in [0.4, 0.5) is 0 Å². The Morgan fingerprint density at radius 1 is 0.870 bits per heavy atom. The summed E-state index contributed by atoms with van der Waals surface area (Å²) in [5.74, 6) is -1.75. The molecule has 0 spiro atoms. The Morgan fingerprint density at radius 3 is 1.83 bits per heavy atom. The van der Waals surface area contributed by atoms with Gasteiger partial charge in [-0.05, 0) is 35.4 Å². The summed E-state index contributed by atoms with van der Waals surface area (Å²) in [4.78, 5) is 23.1. The van der Waals surface area contributed by atoms with E-state index in [1.807, 2.05) is 0 Å². The molecule has 0 aromatic heterocycles. The lowest BCUT2D eigenvalue weighted by Crippen LogP contribution is -2.29. The smallest absolute Gasteiger partial charge is 0.345 e. The SMILES string of the molecule is O=C(Cc1ccc(O)cc1)OC(Cc1ccc(O)cc1)C(=O)O. The number of carbonyl (C=O) groups is 2. The first-order valence-corrected chi connectivity index (χ1v) is 6.92. The Morgan fingerprint density at radius 2 is 1.35 bits per heavy atom. The van der Waals surface area contributed by atoms with Crippen molar-refractivity contribution in [2.75, 3.05) is 0 Å². The van der Waals surface area contributed by atoms with E-state index in [1.165, 1.54) is 24.3 Å². The maximum atomic E-state index is 11.9. The van der Waals surface area contributed by atoms with Crippen molar-refractivity contribution in [1.82, 2.24) is 0 Å². The monoisotopic (exact) mass is 316 g/mol. The number of esters is 1. The zero-order valence-corrected chi connectivity index (χ0v) is 12.2. The number of aliphatic carboxylic acids is 1. The number of carboxylic acid groups (broad SMARTS) is 1. The molecule has 23 heavy (non-hydrogen) atoms. The quantitative estimate of drug-likeness (QED) is 0.703. The molecule has 0 aliphatic heterocycles. The molecule has 1 atom stereocenters. The van der Waals surface area contributed by atoms with Gasteiger partial charge in [-0.2, -0.15) is 0 Å². The number of ether oxygens (including phenoxy) is 1. The van der Waals surface area contributed by atoms with Crippen molar-refractivity contribution in [3.63, 3.8) is 0 Å². The highest BCUT2D eigenvalue weighted by Gasteiger charge is 2.22. The van der Waals surface area contributed by atoms with Crippen LogP contribution >= 0.6 is 0 Å². The summed E-state index contributed by atoms with van der Waals surface area (Å²) in [5, 5.41) is 27.6. The van der Waals surface area contributed by atoms with Gasteiger partial charge in [0, 0.05) is 6.42 Å². The van der Waals surface area contributed by atoms with E-state index in [0.29, 0.717) is 11.1 Å². The minimum Gasteiger partial charge on any atom is -0.508 e. The summed E-state index contributed by atoms with van der Waals surface area (Å²) in [6.07, 6.45) is -1.37. The van der Waals surface area contributed by atoms with Crippen LogP contribution in [0.3, 0.4) is 0 Å². The van der Waals surface area contributed by atoms with Crippen LogP contribution in [0.1, 0.15) is 11.1 Å². The largest absolute Gasteiger partial charge is 0.508 e. The molecule has 0 heterocycles. The second-order valence-corrected chi connectivity index (χ2v) is 5.03. The summed E-state index contributed by atoms with van der Waals surface area (Å²) in [6, 6.07) is 12.0. The van der Waals surface area contributed by atoms with Gasteiger partial charge in [0.25, 0.3) is 0 Å². The lowest BCUT2D eigenvalue weighted by atomic mass is 10.1. The zero-order valence-electron chi connectivity index (χ0n) is 12.2. The molecule has 0 bridgehead atoms. The molecule has 0 amide bonds. The van der Waals surface area contributed by atoms with Crippen molar-refractivity contribution in [2.24, 2.45) is 0 Å². The molecule has 2 rings (SSSR count). The van der Waals surface area contributed by atoms with Crippen LogP contribution in [0.5, 0.6) is 11.5 Å². The van der Waals surface area contributed by atoms with Crippen LogP contribution in [0.2, 0.25) is 0 Å². The van der Waals surface area contributed by atoms with E-state index in [0.717, 1.165) is 0 Å². The van der Waals surface area contributed by atoms with E-state index < -0.39 is 18.0 Å². The number of hydrogen-bond donors (Lipinski definition) is 3. The van der Waals surface area contributed by atoms with E-state index in [1.54, 1.807) is 24.3 Å². The van der Waals surface area contributed by atoms with Crippen LogP contribution in [0, 0.1) is 0 Å². The number of carbonyl (C=O) groups excluding carboxylic acids is 1. The second-order valence-electron chi connectivity index (χ2n) is 5.03. The Balaban J connectivity index is 1.98. The fraction of sp³-hybridized carbons (Fsp3) is 0.176. The third-order valence-electron chi connectivity index (χ3n) is 3.19. The van der Waals surface area contributed by atoms with Crippen molar-refractivity contribution >= 4 is 11.9 Å². The summed E-state index contributed by atoms with van der Waals surface area (Å²) in [7, 11) is 0. The molecule has 0 aliphatic carbocycles. The molecule has 1 unspecified atom stereocenters. The second kappa shape index (κ2) is 7.31. The van der Waals surface area contributed by atoms with Gasteiger partial charge in [-0.3, -0.25) is 4.79 Å². The van der Waals surface area contributed by atoms with Crippen LogP contribution in [-0.2, 0) is 27.2 Å². The van der Waals surface area contributed by atoms with Crippen molar-refractivity contribution < 1.29 is 29.6 Å². The number of benzene rings is 2. The van der Waals surface area contributed by atoms with Gasteiger partial charge in [0.05, 0.1) is 6.42 Å². The zero-order chi connectivity index (χ0) is 16.8.